The lowest BCUT2D eigenvalue weighted by molar-refractivity contribution is 0.577. The van der Waals surface area contributed by atoms with Crippen molar-refractivity contribution >= 4 is 16.5 Å². The maximum absolute atomic E-state index is 5.13. The zero-order valence-corrected chi connectivity index (χ0v) is 16.5. The smallest absolute Gasteiger partial charge is 0.186 e. The minimum absolute atomic E-state index is 0.618. The van der Waals surface area contributed by atoms with Crippen LogP contribution < -0.4 is 4.90 Å². The van der Waals surface area contributed by atoms with Gasteiger partial charge in [-0.1, -0.05) is 35.1 Å². The Labute approximate surface area is 164 Å². The molecule has 138 valence electrons. The monoisotopic (exact) mass is 376 g/mol. The van der Waals surface area contributed by atoms with Gasteiger partial charge in [0.15, 0.2) is 5.13 Å². The van der Waals surface area contributed by atoms with Crippen molar-refractivity contribution in [2.24, 2.45) is 0 Å². The molecule has 1 saturated heterocycles. The van der Waals surface area contributed by atoms with Crippen molar-refractivity contribution < 1.29 is 0 Å². The van der Waals surface area contributed by atoms with Crippen LogP contribution in [0.5, 0.6) is 0 Å². The van der Waals surface area contributed by atoms with Crippen molar-refractivity contribution in [1.29, 1.82) is 0 Å². The molecule has 0 atom stereocenters. The van der Waals surface area contributed by atoms with Gasteiger partial charge in [-0.2, -0.15) is 0 Å². The highest BCUT2D eigenvalue weighted by Gasteiger charge is 2.30. The third kappa shape index (κ3) is 3.36. The number of hydrogen-bond donors (Lipinski definition) is 0. The summed E-state index contributed by atoms with van der Waals surface area (Å²) in [5.74, 6) is 0.618. The van der Waals surface area contributed by atoms with Gasteiger partial charge in [0.1, 0.15) is 6.33 Å². The molecule has 0 N–H and O–H groups in total. The first-order chi connectivity index (χ1) is 13.3. The van der Waals surface area contributed by atoms with Gasteiger partial charge in [0.25, 0.3) is 0 Å². The molecule has 27 heavy (non-hydrogen) atoms. The molecule has 2 aliphatic rings. The Kier molecular flexibility index (Phi) is 4.40. The van der Waals surface area contributed by atoms with Crippen molar-refractivity contribution in [2.75, 3.05) is 18.0 Å². The van der Waals surface area contributed by atoms with Crippen LogP contribution >= 0.6 is 11.3 Å². The summed E-state index contributed by atoms with van der Waals surface area (Å²) in [7, 11) is 0. The summed E-state index contributed by atoms with van der Waals surface area (Å²) in [6.45, 7) is 4.36. The van der Waals surface area contributed by atoms with E-state index in [9.17, 15) is 0 Å². The molecule has 2 fully saturated rings. The predicted octanol–water partition coefficient (Wildman–Crippen LogP) is 5.44. The SMILES string of the molecule is Cc1cccc(-c2nc(N3CCCCC3)sc2-c2ncncc2C2CC2)c1. The first kappa shape index (κ1) is 16.9. The molecule has 2 aromatic heterocycles. The van der Waals surface area contributed by atoms with E-state index in [1.54, 1.807) is 17.7 Å². The van der Waals surface area contributed by atoms with Crippen molar-refractivity contribution in [3.05, 3.63) is 47.9 Å². The van der Waals surface area contributed by atoms with Crippen LogP contribution in [0, 0.1) is 6.92 Å². The van der Waals surface area contributed by atoms with Gasteiger partial charge in [0, 0.05) is 30.4 Å². The number of nitrogens with zero attached hydrogens (tertiary/aromatic N) is 4. The van der Waals surface area contributed by atoms with E-state index in [1.165, 1.54) is 53.7 Å². The first-order valence-corrected chi connectivity index (χ1v) is 10.7. The van der Waals surface area contributed by atoms with E-state index < -0.39 is 0 Å². The zero-order valence-electron chi connectivity index (χ0n) is 15.7. The predicted molar refractivity (Wildman–Crippen MR) is 111 cm³/mol. The maximum Gasteiger partial charge on any atom is 0.186 e. The van der Waals surface area contributed by atoms with E-state index in [-0.39, 0.29) is 0 Å². The maximum atomic E-state index is 5.13. The third-order valence-electron chi connectivity index (χ3n) is 5.51. The average molecular weight is 377 g/mol. The molecule has 1 aliphatic heterocycles. The largest absolute Gasteiger partial charge is 0.348 e. The molecular weight excluding hydrogens is 352 g/mol. The molecular formula is C22H24N4S. The van der Waals surface area contributed by atoms with E-state index in [0.29, 0.717) is 5.92 Å². The molecule has 0 amide bonds. The first-order valence-electron chi connectivity index (χ1n) is 9.92. The van der Waals surface area contributed by atoms with Crippen LogP contribution in [0.2, 0.25) is 0 Å². The number of hydrogen-bond acceptors (Lipinski definition) is 5. The molecule has 5 heteroatoms. The molecule has 3 aromatic rings. The lowest BCUT2D eigenvalue weighted by Crippen LogP contribution is -2.29. The Balaban J connectivity index is 1.65. The average Bonchev–Trinajstić information content (AvgIpc) is 3.47. The van der Waals surface area contributed by atoms with Gasteiger partial charge in [-0.25, -0.2) is 15.0 Å². The Morgan fingerprint density at radius 2 is 1.93 bits per heavy atom. The van der Waals surface area contributed by atoms with E-state index in [0.717, 1.165) is 29.6 Å². The quantitative estimate of drug-likeness (QED) is 0.608. The number of thiazole rings is 1. The number of aryl methyl sites for hydroxylation is 1. The molecule has 1 saturated carbocycles. The number of rotatable bonds is 4. The second kappa shape index (κ2) is 7.04. The van der Waals surface area contributed by atoms with Crippen LogP contribution in [0.25, 0.3) is 21.8 Å². The minimum Gasteiger partial charge on any atom is -0.348 e. The van der Waals surface area contributed by atoms with Crippen molar-refractivity contribution in [3.8, 4) is 21.8 Å². The van der Waals surface area contributed by atoms with Crippen LogP contribution in [0.15, 0.2) is 36.8 Å². The van der Waals surface area contributed by atoms with Crippen molar-refractivity contribution in [1.82, 2.24) is 15.0 Å². The highest BCUT2D eigenvalue weighted by atomic mass is 32.1. The molecule has 1 aromatic carbocycles. The van der Waals surface area contributed by atoms with Gasteiger partial charge in [0.2, 0.25) is 0 Å². The summed E-state index contributed by atoms with van der Waals surface area (Å²) < 4.78 is 0. The van der Waals surface area contributed by atoms with Crippen LogP contribution in [0.4, 0.5) is 5.13 Å². The molecule has 0 spiro atoms. The number of benzene rings is 1. The summed E-state index contributed by atoms with van der Waals surface area (Å²) >= 11 is 1.80. The summed E-state index contributed by atoms with van der Waals surface area (Å²) in [5, 5.41) is 1.14. The number of piperidine rings is 1. The van der Waals surface area contributed by atoms with Crippen LogP contribution in [0.1, 0.15) is 49.1 Å². The van der Waals surface area contributed by atoms with Gasteiger partial charge < -0.3 is 4.90 Å². The number of aromatic nitrogens is 3. The van der Waals surface area contributed by atoms with Crippen LogP contribution in [-0.4, -0.2) is 28.0 Å². The molecule has 1 aliphatic carbocycles. The van der Waals surface area contributed by atoms with E-state index in [1.807, 2.05) is 6.20 Å². The van der Waals surface area contributed by atoms with E-state index in [4.69, 9.17) is 9.97 Å². The lowest BCUT2D eigenvalue weighted by Gasteiger charge is -2.25. The molecule has 4 nitrogen and oxygen atoms in total. The fourth-order valence-electron chi connectivity index (χ4n) is 3.90. The van der Waals surface area contributed by atoms with Crippen LogP contribution in [0.3, 0.4) is 0 Å². The van der Waals surface area contributed by atoms with Crippen molar-refractivity contribution in [3.63, 3.8) is 0 Å². The summed E-state index contributed by atoms with van der Waals surface area (Å²) in [6.07, 6.45) is 10.0. The van der Waals surface area contributed by atoms with Gasteiger partial charge in [-0.05, 0) is 51.0 Å². The number of anilines is 1. The van der Waals surface area contributed by atoms with E-state index >= 15 is 0 Å². The minimum atomic E-state index is 0.618. The summed E-state index contributed by atoms with van der Waals surface area (Å²) in [4.78, 5) is 17.8. The van der Waals surface area contributed by atoms with Gasteiger partial charge in [0.05, 0.1) is 16.3 Å². The Morgan fingerprint density at radius 1 is 1.07 bits per heavy atom. The Morgan fingerprint density at radius 3 is 2.70 bits per heavy atom. The van der Waals surface area contributed by atoms with Gasteiger partial charge in [-0.15, -0.1) is 0 Å². The van der Waals surface area contributed by atoms with Crippen LogP contribution in [-0.2, 0) is 0 Å². The molecule has 3 heterocycles. The highest BCUT2D eigenvalue weighted by Crippen LogP contribution is 2.47. The van der Waals surface area contributed by atoms with Gasteiger partial charge >= 0.3 is 0 Å². The summed E-state index contributed by atoms with van der Waals surface area (Å²) in [6, 6.07) is 8.66. The topological polar surface area (TPSA) is 41.9 Å². The van der Waals surface area contributed by atoms with E-state index in [2.05, 4.69) is 41.1 Å². The second-order valence-corrected chi connectivity index (χ2v) is 8.67. The zero-order chi connectivity index (χ0) is 18.2. The Bertz CT molecular complexity index is 954. The third-order valence-corrected chi connectivity index (χ3v) is 6.63. The normalized spacial score (nSPS) is 17.3. The molecule has 0 bridgehead atoms. The molecule has 0 radical (unpaired) electrons. The van der Waals surface area contributed by atoms with Gasteiger partial charge in [-0.3, -0.25) is 0 Å². The summed E-state index contributed by atoms with van der Waals surface area (Å²) in [5.41, 5.74) is 5.90. The standard InChI is InChI=1S/C22H24N4S/c1-15-6-5-7-17(12-15)19-21(20-18(16-8-9-16)13-23-14-24-20)27-22(25-19)26-10-3-2-4-11-26/h5-7,12-14,16H,2-4,8-11H2,1H3. The highest BCUT2D eigenvalue weighted by molar-refractivity contribution is 7.19. The molecule has 5 rings (SSSR count). The molecule has 0 unspecified atom stereocenters. The Hall–Kier alpha value is -2.27. The fraction of sp³-hybridized carbons (Fsp3) is 0.409. The van der Waals surface area contributed by atoms with Crippen molar-refractivity contribution in [2.45, 2.75) is 44.9 Å². The second-order valence-electron chi connectivity index (χ2n) is 7.69. The lowest BCUT2D eigenvalue weighted by atomic mass is 10.0. The fourth-order valence-corrected chi connectivity index (χ4v) is 5.06.